The van der Waals surface area contributed by atoms with E-state index in [2.05, 4.69) is 10.6 Å². The van der Waals surface area contributed by atoms with E-state index >= 15 is 0 Å². The number of hydrogen-bond donors (Lipinski definition) is 2. The Labute approximate surface area is 182 Å². The van der Waals surface area contributed by atoms with Gasteiger partial charge in [-0.2, -0.15) is 0 Å². The lowest BCUT2D eigenvalue weighted by molar-refractivity contribution is -0.123. The van der Waals surface area contributed by atoms with Crippen LogP contribution in [0, 0.1) is 0 Å². The van der Waals surface area contributed by atoms with E-state index in [1.165, 1.54) is 0 Å². The summed E-state index contributed by atoms with van der Waals surface area (Å²) in [6, 6.07) is 25.6. The summed E-state index contributed by atoms with van der Waals surface area (Å²) in [5, 5.41) is 5.58. The Kier molecular flexibility index (Phi) is 8.05. The van der Waals surface area contributed by atoms with Crippen LogP contribution in [0.2, 0.25) is 0 Å². The number of rotatable bonds is 9. The summed E-state index contributed by atoms with van der Waals surface area (Å²) >= 11 is 0. The maximum Gasteiger partial charge on any atom is 0.408 e. The average Bonchev–Trinajstić information content (AvgIpc) is 2.82. The van der Waals surface area contributed by atoms with E-state index in [1.54, 1.807) is 7.11 Å². The van der Waals surface area contributed by atoms with Crippen LogP contribution in [0.1, 0.15) is 16.7 Å². The van der Waals surface area contributed by atoms with Crippen molar-refractivity contribution in [2.24, 2.45) is 0 Å². The molecule has 0 aromatic heterocycles. The average molecular weight is 418 g/mol. The van der Waals surface area contributed by atoms with Crippen LogP contribution >= 0.6 is 0 Å². The first-order valence-corrected chi connectivity index (χ1v) is 10.1. The molecular formula is C25H26N2O4. The molecule has 0 bridgehead atoms. The Hall–Kier alpha value is -3.80. The van der Waals surface area contributed by atoms with Crippen LogP contribution in [0.15, 0.2) is 84.9 Å². The minimum Gasteiger partial charge on any atom is -0.497 e. The van der Waals surface area contributed by atoms with Crippen LogP contribution in [-0.4, -0.2) is 25.2 Å². The maximum atomic E-state index is 12.9. The summed E-state index contributed by atoms with van der Waals surface area (Å²) in [7, 11) is 1.60. The Balaban J connectivity index is 1.61. The molecule has 6 heteroatoms. The van der Waals surface area contributed by atoms with E-state index in [4.69, 9.17) is 9.47 Å². The molecule has 0 fully saturated rings. The van der Waals surface area contributed by atoms with Gasteiger partial charge in [0.15, 0.2) is 0 Å². The molecule has 0 aliphatic heterocycles. The third-order valence-corrected chi connectivity index (χ3v) is 4.70. The molecule has 31 heavy (non-hydrogen) atoms. The summed E-state index contributed by atoms with van der Waals surface area (Å²) in [5.41, 5.74) is 2.71. The largest absolute Gasteiger partial charge is 0.497 e. The molecule has 6 nitrogen and oxygen atoms in total. The summed E-state index contributed by atoms with van der Waals surface area (Å²) in [6.45, 7) is 0.457. The summed E-state index contributed by atoms with van der Waals surface area (Å²) in [6.07, 6.45) is -0.285. The lowest BCUT2D eigenvalue weighted by atomic mass is 10.1. The van der Waals surface area contributed by atoms with Gasteiger partial charge in [-0.05, 0) is 28.8 Å². The first-order chi connectivity index (χ1) is 15.1. The van der Waals surface area contributed by atoms with E-state index in [9.17, 15) is 9.59 Å². The molecule has 0 saturated heterocycles. The number of methoxy groups -OCH3 is 1. The predicted octanol–water partition coefficient (Wildman–Crippen LogP) is 3.85. The van der Waals surface area contributed by atoms with Crippen molar-refractivity contribution in [1.29, 1.82) is 0 Å². The number of ether oxygens (including phenoxy) is 2. The van der Waals surface area contributed by atoms with Crippen molar-refractivity contribution in [3.05, 3.63) is 102 Å². The van der Waals surface area contributed by atoms with Gasteiger partial charge in [-0.3, -0.25) is 4.79 Å². The van der Waals surface area contributed by atoms with Gasteiger partial charge in [0.1, 0.15) is 18.4 Å². The van der Waals surface area contributed by atoms with Gasteiger partial charge in [-0.25, -0.2) is 4.79 Å². The predicted molar refractivity (Wildman–Crippen MR) is 119 cm³/mol. The van der Waals surface area contributed by atoms with Gasteiger partial charge in [0.25, 0.3) is 0 Å². The molecule has 1 unspecified atom stereocenters. The van der Waals surface area contributed by atoms with Crippen molar-refractivity contribution in [1.82, 2.24) is 10.6 Å². The molecule has 0 aliphatic rings. The molecule has 0 radical (unpaired) electrons. The lowest BCUT2D eigenvalue weighted by Crippen LogP contribution is -2.48. The highest BCUT2D eigenvalue weighted by molar-refractivity contribution is 5.85. The summed E-state index contributed by atoms with van der Waals surface area (Å²) < 4.78 is 10.5. The fourth-order valence-electron chi connectivity index (χ4n) is 3.06. The minimum absolute atomic E-state index is 0.135. The van der Waals surface area contributed by atoms with Gasteiger partial charge in [-0.1, -0.05) is 72.8 Å². The van der Waals surface area contributed by atoms with Crippen molar-refractivity contribution >= 4 is 12.0 Å². The van der Waals surface area contributed by atoms with E-state index in [0.717, 1.165) is 22.4 Å². The van der Waals surface area contributed by atoms with Gasteiger partial charge in [0, 0.05) is 13.0 Å². The standard InChI is InChI=1S/C25H26N2O4/c1-30-22-14-8-13-21(15-22)17-26-24(28)23(16-19-9-4-2-5-10-19)27-25(29)31-18-20-11-6-3-7-12-20/h2-15,23H,16-18H2,1H3,(H,26,28)(H,27,29). The Morgan fingerprint density at radius 2 is 1.48 bits per heavy atom. The summed E-state index contributed by atoms with van der Waals surface area (Å²) in [5.74, 6) is 0.429. The fraction of sp³-hybridized carbons (Fsp3) is 0.200. The number of hydrogen-bond acceptors (Lipinski definition) is 4. The van der Waals surface area contributed by atoms with Crippen molar-refractivity contribution in [2.45, 2.75) is 25.6 Å². The molecule has 0 spiro atoms. The molecular weight excluding hydrogens is 392 g/mol. The van der Waals surface area contributed by atoms with Gasteiger partial charge < -0.3 is 20.1 Å². The monoisotopic (exact) mass is 418 g/mol. The third kappa shape index (κ3) is 7.19. The SMILES string of the molecule is COc1cccc(CNC(=O)C(Cc2ccccc2)NC(=O)OCc2ccccc2)c1. The topological polar surface area (TPSA) is 76.7 Å². The molecule has 1 atom stereocenters. The highest BCUT2D eigenvalue weighted by Gasteiger charge is 2.22. The van der Waals surface area contributed by atoms with Crippen LogP contribution in [0.25, 0.3) is 0 Å². The molecule has 2 amide bonds. The van der Waals surface area contributed by atoms with Crippen LogP contribution in [0.4, 0.5) is 4.79 Å². The molecule has 0 saturated carbocycles. The number of nitrogens with one attached hydrogen (secondary N) is 2. The number of alkyl carbamates (subject to hydrolysis) is 1. The van der Waals surface area contributed by atoms with E-state index in [-0.39, 0.29) is 12.5 Å². The molecule has 0 aliphatic carbocycles. The smallest absolute Gasteiger partial charge is 0.408 e. The van der Waals surface area contributed by atoms with Crippen molar-refractivity contribution < 1.29 is 19.1 Å². The fourth-order valence-corrected chi connectivity index (χ4v) is 3.06. The van der Waals surface area contributed by atoms with Crippen molar-refractivity contribution in [2.75, 3.05) is 7.11 Å². The van der Waals surface area contributed by atoms with Gasteiger partial charge >= 0.3 is 6.09 Å². The Morgan fingerprint density at radius 3 is 2.16 bits per heavy atom. The summed E-state index contributed by atoms with van der Waals surface area (Å²) in [4.78, 5) is 25.2. The molecule has 160 valence electrons. The molecule has 2 N–H and O–H groups in total. The van der Waals surface area contributed by atoms with Crippen LogP contribution in [-0.2, 0) is 29.1 Å². The third-order valence-electron chi connectivity index (χ3n) is 4.70. The Morgan fingerprint density at radius 1 is 0.839 bits per heavy atom. The van der Waals surface area contributed by atoms with Crippen LogP contribution in [0.3, 0.4) is 0 Å². The van der Waals surface area contributed by atoms with E-state index in [1.807, 2.05) is 84.9 Å². The zero-order valence-electron chi connectivity index (χ0n) is 17.4. The highest BCUT2D eigenvalue weighted by atomic mass is 16.5. The molecule has 0 heterocycles. The highest BCUT2D eigenvalue weighted by Crippen LogP contribution is 2.12. The van der Waals surface area contributed by atoms with Crippen LogP contribution in [0.5, 0.6) is 5.75 Å². The maximum absolute atomic E-state index is 12.9. The number of carbonyl (C=O) groups is 2. The zero-order valence-corrected chi connectivity index (χ0v) is 17.4. The van der Waals surface area contributed by atoms with Gasteiger partial charge in [-0.15, -0.1) is 0 Å². The van der Waals surface area contributed by atoms with Crippen molar-refractivity contribution in [3.8, 4) is 5.75 Å². The zero-order chi connectivity index (χ0) is 21.9. The second-order valence-corrected chi connectivity index (χ2v) is 7.02. The molecule has 3 aromatic rings. The van der Waals surface area contributed by atoms with Gasteiger partial charge in [0.05, 0.1) is 7.11 Å². The normalized spacial score (nSPS) is 11.3. The second-order valence-electron chi connectivity index (χ2n) is 7.02. The van der Waals surface area contributed by atoms with Gasteiger partial charge in [0.2, 0.25) is 5.91 Å². The molecule has 3 aromatic carbocycles. The number of benzene rings is 3. The van der Waals surface area contributed by atoms with E-state index in [0.29, 0.717) is 13.0 Å². The number of carbonyl (C=O) groups excluding carboxylic acids is 2. The minimum atomic E-state index is -0.767. The number of amides is 2. The second kappa shape index (κ2) is 11.4. The van der Waals surface area contributed by atoms with Crippen LogP contribution < -0.4 is 15.4 Å². The van der Waals surface area contributed by atoms with E-state index < -0.39 is 12.1 Å². The van der Waals surface area contributed by atoms with Crippen molar-refractivity contribution in [3.63, 3.8) is 0 Å². The quantitative estimate of drug-likeness (QED) is 0.553. The molecule has 3 rings (SSSR count). The lowest BCUT2D eigenvalue weighted by Gasteiger charge is -2.19. The first-order valence-electron chi connectivity index (χ1n) is 10.1. The Bertz CT molecular complexity index is 977. The first kappa shape index (κ1) is 21.9.